The molecule has 102 valence electrons. The van der Waals surface area contributed by atoms with Gasteiger partial charge < -0.3 is 0 Å². The number of hydrogen-bond donors (Lipinski definition) is 1. The van der Waals surface area contributed by atoms with Crippen molar-refractivity contribution in [3.8, 4) is 6.07 Å². The molecule has 1 N–H and O–H groups in total. The van der Waals surface area contributed by atoms with Gasteiger partial charge in [0.15, 0.2) is 0 Å². The zero-order chi connectivity index (χ0) is 13.8. The smallest absolute Gasteiger partial charge is 0.137 e. The maximum atomic E-state index is 8.92. The van der Waals surface area contributed by atoms with E-state index < -0.39 is 0 Å². The predicted molar refractivity (Wildman–Crippen MR) is 76.0 cm³/mol. The first-order chi connectivity index (χ1) is 9.88. The monoisotopic (exact) mass is 266 g/mol. The van der Waals surface area contributed by atoms with Gasteiger partial charge in [-0.25, -0.2) is 4.98 Å². The molecule has 1 heterocycles. The summed E-state index contributed by atoms with van der Waals surface area (Å²) in [5, 5.41) is 16.0. The minimum atomic E-state index is 0.269. The van der Waals surface area contributed by atoms with Crippen molar-refractivity contribution in [1.29, 1.82) is 5.26 Å². The van der Waals surface area contributed by atoms with Crippen LogP contribution in [0.1, 0.15) is 55.0 Å². The van der Waals surface area contributed by atoms with Crippen LogP contribution < -0.4 is 0 Å². The number of H-pyrrole nitrogens is 1. The third kappa shape index (κ3) is 2.57. The Bertz CT molecular complexity index is 574. The van der Waals surface area contributed by atoms with Crippen molar-refractivity contribution in [1.82, 2.24) is 15.2 Å². The largest absolute Gasteiger partial charge is 0.263 e. The van der Waals surface area contributed by atoms with Crippen LogP contribution >= 0.6 is 0 Å². The fourth-order valence-corrected chi connectivity index (χ4v) is 3.25. The maximum absolute atomic E-state index is 8.92. The van der Waals surface area contributed by atoms with Gasteiger partial charge in [-0.2, -0.15) is 10.4 Å². The molecule has 0 radical (unpaired) electrons. The minimum absolute atomic E-state index is 0.269. The molecule has 0 amide bonds. The number of rotatable bonds is 3. The average Bonchev–Trinajstić information content (AvgIpc) is 3.03. The van der Waals surface area contributed by atoms with Gasteiger partial charge in [0.2, 0.25) is 0 Å². The Kier molecular flexibility index (Phi) is 3.78. The van der Waals surface area contributed by atoms with Crippen molar-refractivity contribution in [3.05, 3.63) is 47.5 Å². The van der Waals surface area contributed by atoms with Crippen LogP contribution in [-0.4, -0.2) is 15.2 Å². The van der Waals surface area contributed by atoms with E-state index in [0.29, 0.717) is 11.5 Å². The Balaban J connectivity index is 1.94. The van der Waals surface area contributed by atoms with Crippen molar-refractivity contribution in [3.63, 3.8) is 0 Å². The highest BCUT2D eigenvalue weighted by Crippen LogP contribution is 2.38. The van der Waals surface area contributed by atoms with E-state index in [2.05, 4.69) is 33.4 Å². The highest BCUT2D eigenvalue weighted by Gasteiger charge is 2.28. The second-order valence-corrected chi connectivity index (χ2v) is 5.48. The molecule has 0 spiro atoms. The Morgan fingerprint density at radius 1 is 1.15 bits per heavy atom. The van der Waals surface area contributed by atoms with Gasteiger partial charge in [-0.15, -0.1) is 0 Å². The normalized spacial score (nSPS) is 17.6. The van der Waals surface area contributed by atoms with E-state index in [0.717, 1.165) is 5.82 Å². The SMILES string of the molecule is N#Cc1ccc(C(c2ncn[nH]2)C2CCCCC2)cc1. The van der Waals surface area contributed by atoms with Crippen molar-refractivity contribution in [2.24, 2.45) is 5.92 Å². The van der Waals surface area contributed by atoms with E-state index in [-0.39, 0.29) is 5.92 Å². The van der Waals surface area contributed by atoms with Crippen LogP contribution in [0.3, 0.4) is 0 Å². The Morgan fingerprint density at radius 3 is 2.50 bits per heavy atom. The molecular weight excluding hydrogens is 248 g/mol. The molecule has 1 fully saturated rings. The Labute approximate surface area is 118 Å². The molecule has 1 aliphatic rings. The standard InChI is InChI=1S/C16H18N4/c17-10-12-6-8-14(9-7-12)15(16-18-11-19-20-16)13-4-2-1-3-5-13/h6-9,11,13,15H,1-5H2,(H,18,19,20). The van der Waals surface area contributed by atoms with Gasteiger partial charge in [-0.05, 0) is 36.5 Å². The number of nitrogens with zero attached hydrogens (tertiary/aromatic N) is 3. The van der Waals surface area contributed by atoms with E-state index >= 15 is 0 Å². The van der Waals surface area contributed by atoms with Crippen molar-refractivity contribution < 1.29 is 0 Å². The number of benzene rings is 1. The van der Waals surface area contributed by atoms with Crippen LogP contribution in [0.2, 0.25) is 0 Å². The third-order valence-corrected chi connectivity index (χ3v) is 4.25. The summed E-state index contributed by atoms with van der Waals surface area (Å²) in [4.78, 5) is 4.38. The third-order valence-electron chi connectivity index (χ3n) is 4.25. The summed E-state index contributed by atoms with van der Waals surface area (Å²) in [6.45, 7) is 0. The van der Waals surface area contributed by atoms with Crippen LogP contribution in [0.4, 0.5) is 0 Å². The summed E-state index contributed by atoms with van der Waals surface area (Å²) in [6.07, 6.45) is 8.00. The van der Waals surface area contributed by atoms with E-state index in [9.17, 15) is 0 Å². The molecule has 1 aliphatic carbocycles. The number of hydrogen-bond acceptors (Lipinski definition) is 3. The highest BCUT2D eigenvalue weighted by atomic mass is 15.2. The summed E-state index contributed by atoms with van der Waals surface area (Å²) in [5.74, 6) is 1.83. The van der Waals surface area contributed by atoms with Crippen LogP contribution in [-0.2, 0) is 0 Å². The van der Waals surface area contributed by atoms with Gasteiger partial charge >= 0.3 is 0 Å². The fourth-order valence-electron chi connectivity index (χ4n) is 3.25. The lowest BCUT2D eigenvalue weighted by Crippen LogP contribution is -2.18. The molecule has 1 atom stereocenters. The summed E-state index contributed by atoms with van der Waals surface area (Å²) in [5.41, 5.74) is 1.93. The van der Waals surface area contributed by atoms with Gasteiger partial charge in [0.05, 0.1) is 11.6 Å². The number of aromatic nitrogens is 3. The minimum Gasteiger partial charge on any atom is -0.263 e. The van der Waals surface area contributed by atoms with Gasteiger partial charge in [0.1, 0.15) is 12.2 Å². The summed E-state index contributed by atoms with van der Waals surface area (Å²) in [7, 11) is 0. The number of nitrogens with one attached hydrogen (secondary N) is 1. The lowest BCUT2D eigenvalue weighted by Gasteiger charge is -2.29. The molecule has 1 aromatic heterocycles. The lowest BCUT2D eigenvalue weighted by molar-refractivity contribution is 0.321. The molecule has 1 unspecified atom stereocenters. The van der Waals surface area contributed by atoms with E-state index in [4.69, 9.17) is 5.26 Å². The second kappa shape index (κ2) is 5.87. The second-order valence-electron chi connectivity index (χ2n) is 5.48. The summed E-state index contributed by atoms with van der Waals surface area (Å²) >= 11 is 0. The van der Waals surface area contributed by atoms with Gasteiger partial charge in [-0.1, -0.05) is 31.4 Å². The Morgan fingerprint density at radius 2 is 1.90 bits per heavy atom. The van der Waals surface area contributed by atoms with Crippen LogP contribution in [0.5, 0.6) is 0 Å². The molecule has 3 rings (SSSR count). The fraction of sp³-hybridized carbons (Fsp3) is 0.438. The van der Waals surface area contributed by atoms with Crippen LogP contribution in [0.15, 0.2) is 30.6 Å². The summed E-state index contributed by atoms with van der Waals surface area (Å²) in [6, 6.07) is 10.1. The van der Waals surface area contributed by atoms with E-state index in [1.807, 2.05) is 12.1 Å². The van der Waals surface area contributed by atoms with Crippen molar-refractivity contribution in [2.45, 2.75) is 38.0 Å². The van der Waals surface area contributed by atoms with Crippen molar-refractivity contribution in [2.75, 3.05) is 0 Å². The van der Waals surface area contributed by atoms with Gasteiger partial charge in [0.25, 0.3) is 0 Å². The maximum Gasteiger partial charge on any atom is 0.137 e. The van der Waals surface area contributed by atoms with Crippen LogP contribution in [0, 0.1) is 17.2 Å². The number of nitriles is 1. The number of aromatic amines is 1. The summed E-state index contributed by atoms with van der Waals surface area (Å²) < 4.78 is 0. The first kappa shape index (κ1) is 12.9. The molecule has 2 aromatic rings. The van der Waals surface area contributed by atoms with E-state index in [1.54, 1.807) is 6.33 Å². The van der Waals surface area contributed by atoms with Crippen LogP contribution in [0.25, 0.3) is 0 Å². The first-order valence-corrected chi connectivity index (χ1v) is 7.24. The molecule has 1 saturated carbocycles. The van der Waals surface area contributed by atoms with Gasteiger partial charge in [0, 0.05) is 5.92 Å². The first-order valence-electron chi connectivity index (χ1n) is 7.24. The zero-order valence-corrected chi connectivity index (χ0v) is 11.4. The van der Waals surface area contributed by atoms with Gasteiger partial charge in [-0.3, -0.25) is 5.10 Å². The van der Waals surface area contributed by atoms with E-state index in [1.165, 1.54) is 37.7 Å². The molecule has 1 aromatic carbocycles. The topological polar surface area (TPSA) is 65.4 Å². The molecular formula is C16H18N4. The molecule has 4 heteroatoms. The molecule has 0 bridgehead atoms. The molecule has 20 heavy (non-hydrogen) atoms. The molecule has 0 aliphatic heterocycles. The molecule has 0 saturated heterocycles. The highest BCUT2D eigenvalue weighted by molar-refractivity contribution is 5.35. The molecule has 4 nitrogen and oxygen atoms in total. The van der Waals surface area contributed by atoms with Crippen molar-refractivity contribution >= 4 is 0 Å². The Hall–Kier alpha value is -2.15. The lowest BCUT2D eigenvalue weighted by atomic mass is 9.76. The predicted octanol–water partition coefficient (Wildman–Crippen LogP) is 3.39. The quantitative estimate of drug-likeness (QED) is 0.926. The average molecular weight is 266 g/mol. The zero-order valence-electron chi connectivity index (χ0n) is 11.4.